The van der Waals surface area contributed by atoms with Gasteiger partial charge in [-0.05, 0) is 61.4 Å². The number of fused-ring (bicyclic) bond motifs is 1. The molecule has 1 aliphatic rings. The number of carbonyl (C=O) groups is 2. The van der Waals surface area contributed by atoms with Crippen LogP contribution in [0.3, 0.4) is 0 Å². The van der Waals surface area contributed by atoms with Gasteiger partial charge >= 0.3 is 5.91 Å². The fraction of sp³-hybridized carbons (Fsp3) is 0.160. The van der Waals surface area contributed by atoms with Gasteiger partial charge in [0, 0.05) is 5.56 Å². The van der Waals surface area contributed by atoms with Crippen molar-refractivity contribution in [2.75, 3.05) is 12.0 Å². The Morgan fingerprint density at radius 2 is 1.91 bits per heavy atom. The number of aliphatic hydroxyl groups excluding tert-OH is 1. The molecule has 0 aliphatic carbocycles. The lowest BCUT2D eigenvalue weighted by molar-refractivity contribution is -0.132. The molecule has 1 amide bonds. The van der Waals surface area contributed by atoms with Crippen molar-refractivity contribution in [3.8, 4) is 5.75 Å². The van der Waals surface area contributed by atoms with Crippen LogP contribution < -0.4 is 9.64 Å². The molecule has 1 aliphatic heterocycles. The van der Waals surface area contributed by atoms with Crippen molar-refractivity contribution >= 4 is 34.4 Å². The molecule has 1 saturated heterocycles. The number of ketones is 1. The number of imidazole rings is 1. The van der Waals surface area contributed by atoms with E-state index in [0.717, 1.165) is 16.6 Å². The minimum atomic E-state index is -0.992. The Bertz CT molecular complexity index is 1390. The highest BCUT2D eigenvalue weighted by molar-refractivity contribution is 6.51. The van der Waals surface area contributed by atoms with Gasteiger partial charge in [0.15, 0.2) is 0 Å². The fourth-order valence-electron chi connectivity index (χ4n) is 4.06. The van der Waals surface area contributed by atoms with E-state index >= 15 is 0 Å². The molecule has 0 radical (unpaired) electrons. The molecule has 3 heterocycles. The number of hydrogen-bond donors (Lipinski definition) is 2. The molecule has 2 N–H and O–H groups in total. The van der Waals surface area contributed by atoms with E-state index in [9.17, 15) is 14.7 Å². The highest BCUT2D eigenvalue weighted by atomic mass is 16.5. The molecule has 0 saturated carbocycles. The lowest BCUT2D eigenvalue weighted by Crippen LogP contribution is -2.30. The number of aliphatic hydroxyl groups is 1. The van der Waals surface area contributed by atoms with Gasteiger partial charge in [0.25, 0.3) is 5.78 Å². The topological polar surface area (TPSA) is 109 Å². The molecule has 1 unspecified atom stereocenters. The average molecular weight is 443 g/mol. The minimum Gasteiger partial charge on any atom is -0.507 e. The molecule has 166 valence electrons. The molecule has 8 nitrogen and oxygen atoms in total. The monoisotopic (exact) mass is 443 g/mol. The van der Waals surface area contributed by atoms with Crippen molar-refractivity contribution in [3.05, 3.63) is 82.8 Å². The summed E-state index contributed by atoms with van der Waals surface area (Å²) in [6.07, 6.45) is 1.45. The predicted molar refractivity (Wildman–Crippen MR) is 122 cm³/mol. The highest BCUT2D eigenvalue weighted by Gasteiger charge is 2.49. The molecule has 4 aromatic rings. The summed E-state index contributed by atoms with van der Waals surface area (Å²) in [6.45, 7) is 3.96. The molecule has 5 rings (SSSR count). The molecular weight excluding hydrogens is 422 g/mol. The van der Waals surface area contributed by atoms with Gasteiger partial charge in [0.05, 0.1) is 30.0 Å². The number of rotatable bonds is 4. The van der Waals surface area contributed by atoms with Crippen LogP contribution in [0.5, 0.6) is 5.75 Å². The summed E-state index contributed by atoms with van der Waals surface area (Å²) in [5.74, 6) is -0.933. The van der Waals surface area contributed by atoms with Gasteiger partial charge in [-0.2, -0.15) is 0 Å². The maximum Gasteiger partial charge on any atom is 0.302 e. The normalized spacial score (nSPS) is 17.8. The van der Waals surface area contributed by atoms with Crippen LogP contribution in [0.15, 0.2) is 64.8 Å². The first kappa shape index (κ1) is 20.6. The number of amides is 1. The number of anilines is 1. The van der Waals surface area contributed by atoms with Gasteiger partial charge in [-0.25, -0.2) is 4.98 Å². The Morgan fingerprint density at radius 1 is 1.12 bits per heavy atom. The number of aromatic nitrogens is 2. The van der Waals surface area contributed by atoms with Crippen LogP contribution in [0.1, 0.15) is 28.5 Å². The first-order valence-corrected chi connectivity index (χ1v) is 10.3. The van der Waals surface area contributed by atoms with Gasteiger partial charge in [-0.3, -0.25) is 14.5 Å². The Kier molecular flexibility index (Phi) is 4.78. The van der Waals surface area contributed by atoms with Gasteiger partial charge in [-0.1, -0.05) is 12.1 Å². The van der Waals surface area contributed by atoms with E-state index in [2.05, 4.69) is 9.97 Å². The Hall–Kier alpha value is -4.33. The molecule has 2 aromatic heterocycles. The number of benzene rings is 2. The van der Waals surface area contributed by atoms with E-state index < -0.39 is 17.7 Å². The van der Waals surface area contributed by atoms with Crippen LogP contribution in [-0.4, -0.2) is 33.9 Å². The lowest BCUT2D eigenvalue weighted by atomic mass is 9.99. The number of H-pyrrole nitrogens is 1. The van der Waals surface area contributed by atoms with Crippen molar-refractivity contribution in [1.29, 1.82) is 0 Å². The van der Waals surface area contributed by atoms with E-state index in [1.807, 2.05) is 26.0 Å². The summed E-state index contributed by atoms with van der Waals surface area (Å²) < 4.78 is 10.8. The van der Waals surface area contributed by atoms with Crippen molar-refractivity contribution in [1.82, 2.24) is 9.97 Å². The van der Waals surface area contributed by atoms with Crippen LogP contribution in [0, 0.1) is 13.8 Å². The minimum absolute atomic E-state index is 0.0870. The third kappa shape index (κ3) is 3.27. The number of nitrogens with one attached hydrogen (secondary N) is 1. The molecule has 0 bridgehead atoms. The fourth-order valence-corrected chi connectivity index (χ4v) is 4.06. The van der Waals surface area contributed by atoms with E-state index in [0.29, 0.717) is 22.6 Å². The van der Waals surface area contributed by atoms with Crippen molar-refractivity contribution < 1.29 is 23.8 Å². The standard InChI is InChI=1S/C25H21N3O5/c1-13-10-17-18(11-14(13)2)27-25(26-17)28-21(19-8-5-9-33-19)20(23(30)24(28)31)22(29)15-6-4-7-16(12-15)32-3/h4-12,21,29H,1-3H3,(H,26,27)/b22-20+. The van der Waals surface area contributed by atoms with Crippen molar-refractivity contribution in [2.24, 2.45) is 0 Å². The first-order chi connectivity index (χ1) is 15.9. The Labute approximate surface area is 189 Å². The van der Waals surface area contributed by atoms with E-state index in [4.69, 9.17) is 9.15 Å². The number of aryl methyl sites for hydroxylation is 2. The number of ether oxygens (including phenoxy) is 1. The Morgan fingerprint density at radius 3 is 2.64 bits per heavy atom. The summed E-state index contributed by atoms with van der Waals surface area (Å²) in [5, 5.41) is 11.1. The Balaban J connectivity index is 1.71. The summed E-state index contributed by atoms with van der Waals surface area (Å²) >= 11 is 0. The van der Waals surface area contributed by atoms with Gasteiger partial charge < -0.3 is 19.2 Å². The second-order valence-corrected chi connectivity index (χ2v) is 7.93. The highest BCUT2D eigenvalue weighted by Crippen LogP contribution is 2.42. The number of carbonyl (C=O) groups excluding carboxylic acids is 2. The smallest absolute Gasteiger partial charge is 0.302 e. The molecule has 33 heavy (non-hydrogen) atoms. The largest absolute Gasteiger partial charge is 0.507 e. The van der Waals surface area contributed by atoms with Crippen LogP contribution in [0.2, 0.25) is 0 Å². The second-order valence-electron chi connectivity index (χ2n) is 7.93. The summed E-state index contributed by atoms with van der Waals surface area (Å²) in [7, 11) is 1.51. The van der Waals surface area contributed by atoms with E-state index in [1.54, 1.807) is 36.4 Å². The van der Waals surface area contributed by atoms with E-state index in [1.165, 1.54) is 18.3 Å². The average Bonchev–Trinajstić information content (AvgIpc) is 3.53. The second kappa shape index (κ2) is 7.67. The number of aromatic amines is 1. The molecule has 8 heteroatoms. The third-order valence-electron chi connectivity index (χ3n) is 5.91. The zero-order valence-electron chi connectivity index (χ0n) is 18.2. The molecule has 2 aromatic carbocycles. The number of Topliss-reactive ketones (excluding diaryl/α,β-unsaturated/α-hetero) is 1. The van der Waals surface area contributed by atoms with Gasteiger partial charge in [0.2, 0.25) is 5.95 Å². The van der Waals surface area contributed by atoms with Crippen LogP contribution in [0.4, 0.5) is 5.95 Å². The van der Waals surface area contributed by atoms with E-state index in [-0.39, 0.29) is 17.3 Å². The van der Waals surface area contributed by atoms with Gasteiger partial charge in [-0.15, -0.1) is 0 Å². The third-order valence-corrected chi connectivity index (χ3v) is 5.91. The lowest BCUT2D eigenvalue weighted by Gasteiger charge is -2.20. The van der Waals surface area contributed by atoms with Crippen LogP contribution >= 0.6 is 0 Å². The number of hydrogen-bond acceptors (Lipinski definition) is 6. The van der Waals surface area contributed by atoms with Crippen molar-refractivity contribution in [2.45, 2.75) is 19.9 Å². The number of furan rings is 1. The van der Waals surface area contributed by atoms with Crippen LogP contribution in [0.25, 0.3) is 16.8 Å². The zero-order valence-corrected chi connectivity index (χ0v) is 18.2. The molecule has 1 atom stereocenters. The molecule has 0 spiro atoms. The maximum atomic E-state index is 13.2. The maximum absolute atomic E-state index is 13.2. The molecule has 1 fully saturated rings. The summed E-state index contributed by atoms with van der Waals surface area (Å²) in [4.78, 5) is 35.3. The quantitative estimate of drug-likeness (QED) is 0.275. The number of nitrogens with zero attached hydrogens (tertiary/aromatic N) is 2. The molecular formula is C25H21N3O5. The summed E-state index contributed by atoms with van der Waals surface area (Å²) in [5.41, 5.74) is 3.79. The van der Waals surface area contributed by atoms with Gasteiger partial charge in [0.1, 0.15) is 23.3 Å². The predicted octanol–water partition coefficient (Wildman–Crippen LogP) is 4.41. The SMILES string of the molecule is COc1cccc(/C(O)=C2\C(=O)C(=O)N(c3nc4cc(C)c(C)cc4[nH]3)C2c2ccco2)c1. The first-order valence-electron chi connectivity index (χ1n) is 10.3. The van der Waals surface area contributed by atoms with Crippen molar-refractivity contribution in [3.63, 3.8) is 0 Å². The zero-order chi connectivity index (χ0) is 23.3. The van der Waals surface area contributed by atoms with Crippen LogP contribution in [-0.2, 0) is 9.59 Å². The number of methoxy groups -OCH3 is 1. The summed E-state index contributed by atoms with van der Waals surface area (Å²) in [6, 6.07) is 12.8.